The van der Waals surface area contributed by atoms with Crippen LogP contribution in [0.1, 0.15) is 26.2 Å². The summed E-state index contributed by atoms with van der Waals surface area (Å²) in [5.41, 5.74) is 0.692. The average molecular weight is 269 g/mol. The van der Waals surface area contributed by atoms with E-state index >= 15 is 0 Å². The summed E-state index contributed by atoms with van der Waals surface area (Å²) in [4.78, 5) is 4.15. The highest BCUT2D eigenvalue weighted by molar-refractivity contribution is 6.29. The summed E-state index contributed by atoms with van der Waals surface area (Å²) in [5.74, 6) is 0.755. The van der Waals surface area contributed by atoms with Gasteiger partial charge in [0.15, 0.2) is 5.65 Å². The summed E-state index contributed by atoms with van der Waals surface area (Å²) in [6, 6.07) is 3.52. The van der Waals surface area contributed by atoms with Crippen LogP contribution >= 0.6 is 11.6 Å². The van der Waals surface area contributed by atoms with Gasteiger partial charge in [0.05, 0.1) is 18.8 Å². The second-order valence-corrected chi connectivity index (χ2v) is 4.62. The molecular formula is C12H17ClN4O. The molecule has 0 bridgehead atoms. The Balaban J connectivity index is 2.21. The van der Waals surface area contributed by atoms with Crippen molar-refractivity contribution in [2.45, 2.75) is 32.2 Å². The number of unbranched alkanes of at least 4 members (excludes halogenated alkanes) is 1. The lowest BCUT2D eigenvalue weighted by Gasteiger charge is -2.17. The van der Waals surface area contributed by atoms with Crippen molar-refractivity contribution in [3.05, 3.63) is 23.5 Å². The van der Waals surface area contributed by atoms with Crippen LogP contribution in [0.4, 0.5) is 5.82 Å². The summed E-state index contributed by atoms with van der Waals surface area (Å²) in [6.45, 7) is 2.21. The van der Waals surface area contributed by atoms with Gasteiger partial charge in [-0.2, -0.15) is 9.61 Å². The molecule has 18 heavy (non-hydrogen) atoms. The van der Waals surface area contributed by atoms with Crippen molar-refractivity contribution in [2.75, 3.05) is 11.9 Å². The SMILES string of the molecule is CCCC[C@H](CO)Nc1cc(Cl)nc2ccnn12. The van der Waals surface area contributed by atoms with Gasteiger partial charge in [0.1, 0.15) is 11.0 Å². The van der Waals surface area contributed by atoms with E-state index in [1.165, 1.54) is 0 Å². The number of hydrogen-bond acceptors (Lipinski definition) is 4. The second-order valence-electron chi connectivity index (χ2n) is 4.23. The van der Waals surface area contributed by atoms with E-state index in [9.17, 15) is 5.11 Å². The third-order valence-corrected chi connectivity index (χ3v) is 3.00. The van der Waals surface area contributed by atoms with E-state index < -0.39 is 0 Å². The number of aliphatic hydroxyl groups is 1. The van der Waals surface area contributed by atoms with Gasteiger partial charge < -0.3 is 10.4 Å². The highest BCUT2D eigenvalue weighted by Crippen LogP contribution is 2.17. The van der Waals surface area contributed by atoms with Gasteiger partial charge >= 0.3 is 0 Å². The maximum Gasteiger partial charge on any atom is 0.159 e. The number of rotatable bonds is 6. The van der Waals surface area contributed by atoms with Gasteiger partial charge in [-0.1, -0.05) is 31.4 Å². The summed E-state index contributed by atoms with van der Waals surface area (Å²) in [6.07, 6.45) is 4.76. The predicted octanol–water partition coefficient (Wildman–Crippen LogP) is 2.35. The summed E-state index contributed by atoms with van der Waals surface area (Å²) in [5, 5.41) is 17.2. The van der Waals surface area contributed by atoms with Crippen LogP contribution in [-0.2, 0) is 0 Å². The quantitative estimate of drug-likeness (QED) is 0.790. The van der Waals surface area contributed by atoms with Gasteiger partial charge in [-0.3, -0.25) is 0 Å². The zero-order valence-corrected chi connectivity index (χ0v) is 11.1. The fourth-order valence-corrected chi connectivity index (χ4v) is 2.04. The Hall–Kier alpha value is -1.33. The van der Waals surface area contributed by atoms with Crippen LogP contribution < -0.4 is 5.32 Å². The first-order chi connectivity index (χ1) is 8.74. The van der Waals surface area contributed by atoms with E-state index in [0.717, 1.165) is 25.1 Å². The minimum Gasteiger partial charge on any atom is -0.394 e. The summed E-state index contributed by atoms with van der Waals surface area (Å²) >= 11 is 5.96. The van der Waals surface area contributed by atoms with Crippen molar-refractivity contribution in [3.63, 3.8) is 0 Å². The van der Waals surface area contributed by atoms with Crippen LogP contribution in [0.2, 0.25) is 5.15 Å². The molecule has 0 aliphatic heterocycles. The van der Waals surface area contributed by atoms with Crippen molar-refractivity contribution < 1.29 is 5.11 Å². The van der Waals surface area contributed by atoms with Gasteiger partial charge in [-0.25, -0.2) is 4.98 Å². The first kappa shape index (κ1) is 13.1. The average Bonchev–Trinajstić information content (AvgIpc) is 2.82. The molecule has 0 unspecified atom stereocenters. The molecule has 2 rings (SSSR count). The number of anilines is 1. The minimum absolute atomic E-state index is 0.0100. The summed E-state index contributed by atoms with van der Waals surface area (Å²) in [7, 11) is 0. The molecule has 0 spiro atoms. The molecule has 2 heterocycles. The highest BCUT2D eigenvalue weighted by atomic mass is 35.5. The Bertz CT molecular complexity index is 514. The van der Waals surface area contributed by atoms with Crippen molar-refractivity contribution >= 4 is 23.1 Å². The molecule has 1 atom stereocenters. The Morgan fingerprint density at radius 3 is 3.11 bits per heavy atom. The number of nitrogens with zero attached hydrogens (tertiary/aromatic N) is 3. The van der Waals surface area contributed by atoms with E-state index in [4.69, 9.17) is 11.6 Å². The number of nitrogens with one attached hydrogen (secondary N) is 1. The van der Waals surface area contributed by atoms with Gasteiger partial charge in [0.25, 0.3) is 0 Å². The lowest BCUT2D eigenvalue weighted by atomic mass is 10.1. The monoisotopic (exact) mass is 268 g/mol. The van der Waals surface area contributed by atoms with Crippen LogP contribution in [0.25, 0.3) is 5.65 Å². The molecule has 0 saturated carbocycles. The maximum absolute atomic E-state index is 9.37. The fourth-order valence-electron chi connectivity index (χ4n) is 1.85. The molecule has 0 fully saturated rings. The van der Waals surface area contributed by atoms with Crippen molar-refractivity contribution in [2.24, 2.45) is 0 Å². The van der Waals surface area contributed by atoms with Gasteiger partial charge in [-0.15, -0.1) is 0 Å². The second kappa shape index (κ2) is 6.02. The molecular weight excluding hydrogens is 252 g/mol. The van der Waals surface area contributed by atoms with Crippen LogP contribution in [-0.4, -0.2) is 32.4 Å². The van der Waals surface area contributed by atoms with Crippen LogP contribution in [0.15, 0.2) is 18.3 Å². The Morgan fingerprint density at radius 1 is 1.56 bits per heavy atom. The number of fused-ring (bicyclic) bond motifs is 1. The zero-order valence-electron chi connectivity index (χ0n) is 10.3. The van der Waals surface area contributed by atoms with E-state index in [2.05, 4.69) is 22.3 Å². The fraction of sp³-hybridized carbons (Fsp3) is 0.500. The molecule has 2 aromatic rings. The third-order valence-electron chi connectivity index (χ3n) is 2.81. The molecule has 0 radical (unpaired) electrons. The molecule has 5 nitrogen and oxygen atoms in total. The van der Waals surface area contributed by atoms with E-state index in [1.807, 2.05) is 0 Å². The number of halogens is 1. The van der Waals surface area contributed by atoms with Crippen LogP contribution in [0.5, 0.6) is 0 Å². The summed E-state index contributed by atoms with van der Waals surface area (Å²) < 4.78 is 1.68. The molecule has 0 aromatic carbocycles. The lowest BCUT2D eigenvalue weighted by Crippen LogP contribution is -2.25. The first-order valence-corrected chi connectivity index (χ1v) is 6.50. The topological polar surface area (TPSA) is 62.5 Å². The van der Waals surface area contributed by atoms with Gasteiger partial charge in [0.2, 0.25) is 0 Å². The Kier molecular flexibility index (Phi) is 4.38. The standard InChI is InChI=1S/C12H17ClN4O/c1-2-3-4-9(8-18)15-12-7-10(13)16-11-5-6-14-17(11)12/h5-7,9,15,18H,2-4,8H2,1H3/t9-/m1/s1. The van der Waals surface area contributed by atoms with Gasteiger partial charge in [-0.05, 0) is 6.42 Å². The minimum atomic E-state index is 0.0100. The van der Waals surface area contributed by atoms with Crippen molar-refractivity contribution in [1.29, 1.82) is 0 Å². The van der Waals surface area contributed by atoms with Crippen molar-refractivity contribution in [3.8, 4) is 0 Å². The largest absolute Gasteiger partial charge is 0.394 e. The molecule has 0 aliphatic carbocycles. The third kappa shape index (κ3) is 2.91. The molecule has 2 N–H and O–H groups in total. The molecule has 0 amide bonds. The highest BCUT2D eigenvalue weighted by Gasteiger charge is 2.11. The first-order valence-electron chi connectivity index (χ1n) is 6.12. The van der Waals surface area contributed by atoms with E-state index in [1.54, 1.807) is 22.8 Å². The van der Waals surface area contributed by atoms with E-state index in [-0.39, 0.29) is 12.6 Å². The van der Waals surface area contributed by atoms with Crippen LogP contribution in [0.3, 0.4) is 0 Å². The smallest absolute Gasteiger partial charge is 0.159 e. The molecule has 0 saturated heterocycles. The normalized spacial score (nSPS) is 12.8. The van der Waals surface area contributed by atoms with Crippen LogP contribution in [0, 0.1) is 0 Å². The Morgan fingerprint density at radius 2 is 2.39 bits per heavy atom. The maximum atomic E-state index is 9.37. The molecule has 6 heteroatoms. The molecule has 0 aliphatic rings. The van der Waals surface area contributed by atoms with Gasteiger partial charge in [0, 0.05) is 12.1 Å². The van der Waals surface area contributed by atoms with Crippen molar-refractivity contribution in [1.82, 2.24) is 14.6 Å². The number of aliphatic hydroxyl groups excluding tert-OH is 1. The number of hydrogen-bond donors (Lipinski definition) is 2. The van der Waals surface area contributed by atoms with E-state index in [0.29, 0.717) is 10.8 Å². The Labute approximate surface area is 111 Å². The zero-order chi connectivity index (χ0) is 13.0. The molecule has 98 valence electrons. The number of aromatic nitrogens is 3. The predicted molar refractivity (Wildman–Crippen MR) is 72.0 cm³/mol. The lowest BCUT2D eigenvalue weighted by molar-refractivity contribution is 0.266. The molecule has 2 aromatic heterocycles.